The van der Waals surface area contributed by atoms with Crippen molar-refractivity contribution in [2.45, 2.75) is 9.79 Å². The first-order chi connectivity index (χ1) is 42.8. The summed E-state index contributed by atoms with van der Waals surface area (Å²) >= 11 is 0. The van der Waals surface area contributed by atoms with Gasteiger partial charge in [-0.05, 0) is 36.4 Å². The largest absolute Gasteiger partial charge is 2.00 e. The molecule has 89 heavy (non-hydrogen) atoms. The molecule has 0 radical (unpaired) electrons. The van der Waals surface area contributed by atoms with Crippen LogP contribution in [-0.4, -0.2) is 106 Å². The Labute approximate surface area is 513 Å². The maximum absolute atomic E-state index is 12.0. The van der Waals surface area contributed by atoms with Gasteiger partial charge in [0.15, 0.2) is 46.6 Å². The molecule has 0 unspecified atom stereocenters. The third-order valence-electron chi connectivity index (χ3n) is 15.6. The van der Waals surface area contributed by atoms with E-state index in [1.165, 1.54) is 24.3 Å². The summed E-state index contributed by atoms with van der Waals surface area (Å²) in [5.41, 5.74) is 9.97. The SMILES string of the molecule is O=S(=O)([O-])c1ccc2c3nc4nc(nc5[nH]c(nc6nc(nc([nH]3)c2c1)-c1ccccc1-6)c1ccccc51)-c1ccccc1-4.O=S(=O)([O-])c1ccc2c3nc4nc(nc5[nH]c(nc6nc(nc([nH]3)c2c1)-c1ccccc1-6)c1ccccc51)-c1ccccc1-4.[Zn+2]. The van der Waals surface area contributed by atoms with Crippen molar-refractivity contribution in [1.29, 1.82) is 0 Å². The van der Waals surface area contributed by atoms with E-state index < -0.39 is 20.2 Å². The summed E-state index contributed by atoms with van der Waals surface area (Å²) in [5, 5.41) is 5.42. The van der Waals surface area contributed by atoms with Crippen molar-refractivity contribution in [3.63, 3.8) is 0 Å². The molecular weight excluding hydrogens is 1220 g/mol. The molecule has 22 nitrogen and oxygen atoms in total. The summed E-state index contributed by atoms with van der Waals surface area (Å²) in [6.45, 7) is 0. The maximum Gasteiger partial charge on any atom is 2.00 e. The molecule has 0 fully saturated rings. The third kappa shape index (κ3) is 8.85. The average molecular weight is 1250 g/mol. The summed E-state index contributed by atoms with van der Waals surface area (Å²) < 4.78 is 71.7. The van der Waals surface area contributed by atoms with E-state index in [1.54, 1.807) is 12.1 Å². The summed E-state index contributed by atoms with van der Waals surface area (Å²) in [5.74, 6) is 3.44. The van der Waals surface area contributed by atoms with Gasteiger partial charge in [0.25, 0.3) is 0 Å². The number of hydrogen-bond acceptors (Lipinski definition) is 18. The number of fused-ring (bicyclic) bond motifs is 40. The van der Waals surface area contributed by atoms with Gasteiger partial charge in [0.05, 0.1) is 9.79 Å². The van der Waals surface area contributed by atoms with Gasteiger partial charge in [0, 0.05) is 87.6 Å². The van der Waals surface area contributed by atoms with E-state index in [4.69, 9.17) is 59.8 Å². The molecule has 0 atom stereocenters. The monoisotopic (exact) mass is 1250 g/mol. The van der Waals surface area contributed by atoms with Gasteiger partial charge < -0.3 is 29.0 Å². The normalized spacial score (nSPS) is 12.2. The van der Waals surface area contributed by atoms with E-state index in [-0.39, 0.29) is 29.3 Å². The molecule has 420 valence electrons. The fourth-order valence-electron chi connectivity index (χ4n) is 11.6. The van der Waals surface area contributed by atoms with Crippen LogP contribution in [0.4, 0.5) is 0 Å². The van der Waals surface area contributed by atoms with Crippen molar-refractivity contribution in [3.8, 4) is 91.1 Å². The number of benzene rings is 8. The zero-order valence-electron chi connectivity index (χ0n) is 45.7. The third-order valence-corrected chi connectivity index (χ3v) is 17.3. The van der Waals surface area contributed by atoms with Gasteiger partial charge in [-0.25, -0.2) is 76.6 Å². The van der Waals surface area contributed by atoms with Crippen LogP contribution in [0.15, 0.2) is 192 Å². The van der Waals surface area contributed by atoms with Crippen molar-refractivity contribution in [1.82, 2.24) is 79.7 Å². The summed E-state index contributed by atoms with van der Waals surface area (Å²) in [7, 11) is -9.45. The molecule has 16 bridgehead atoms. The van der Waals surface area contributed by atoms with Crippen LogP contribution in [-0.2, 0) is 39.7 Å². The molecule has 6 aromatic heterocycles. The number of hydrogen-bond donors (Lipinski definition) is 4. The van der Waals surface area contributed by atoms with Gasteiger partial charge in [-0.1, -0.05) is 146 Å². The van der Waals surface area contributed by atoms with Crippen LogP contribution in [0.5, 0.6) is 0 Å². The van der Waals surface area contributed by atoms with Gasteiger partial charge in [-0.3, -0.25) is 0 Å². The fourth-order valence-corrected chi connectivity index (χ4v) is 12.5. The fraction of sp³-hybridized carbons (Fsp3) is 0. The Morgan fingerprint density at radius 2 is 0.416 bits per heavy atom. The van der Waals surface area contributed by atoms with E-state index in [0.717, 1.165) is 66.1 Å². The predicted octanol–water partition coefficient (Wildman–Crippen LogP) is 11.5. The van der Waals surface area contributed by atoms with Crippen molar-refractivity contribution in [2.24, 2.45) is 0 Å². The van der Waals surface area contributed by atoms with Crippen LogP contribution < -0.4 is 0 Å². The van der Waals surface area contributed by atoms with Crippen molar-refractivity contribution in [2.75, 3.05) is 0 Å². The first-order valence-corrected chi connectivity index (χ1v) is 30.0. The molecule has 10 heterocycles. The molecule has 0 saturated heterocycles. The first-order valence-electron chi connectivity index (χ1n) is 27.2. The number of aromatic nitrogens is 16. The zero-order valence-corrected chi connectivity index (χ0v) is 50.3. The number of rotatable bonds is 2. The molecule has 0 saturated carbocycles. The molecular formula is C64H34N16O6S2Zn. The minimum absolute atomic E-state index is 0. The van der Waals surface area contributed by atoms with E-state index in [0.29, 0.717) is 113 Å². The Kier molecular flexibility index (Phi) is 12.0. The molecule has 14 aromatic rings. The van der Waals surface area contributed by atoms with E-state index in [9.17, 15) is 25.9 Å². The Bertz CT molecular complexity index is 5690. The zero-order chi connectivity index (χ0) is 59.2. The van der Waals surface area contributed by atoms with Crippen molar-refractivity contribution >= 4 is 109 Å². The van der Waals surface area contributed by atoms with Crippen molar-refractivity contribution in [3.05, 3.63) is 182 Å². The number of aromatic amines is 4. The van der Waals surface area contributed by atoms with Gasteiger partial charge in [0.2, 0.25) is 0 Å². The second kappa shape index (κ2) is 20.0. The topological polar surface area (TPSA) is 332 Å². The summed E-state index contributed by atoms with van der Waals surface area (Å²) in [6.07, 6.45) is 0. The van der Waals surface area contributed by atoms with E-state index in [1.807, 2.05) is 146 Å². The van der Waals surface area contributed by atoms with Crippen LogP contribution in [0.25, 0.3) is 179 Å². The number of H-pyrrole nitrogens is 4. The van der Waals surface area contributed by atoms with E-state index in [2.05, 4.69) is 19.9 Å². The van der Waals surface area contributed by atoms with Crippen molar-refractivity contribution < 1.29 is 45.4 Å². The maximum atomic E-state index is 12.0. The summed E-state index contributed by atoms with van der Waals surface area (Å²) in [6, 6.07) is 54.5. The minimum atomic E-state index is -4.73. The summed E-state index contributed by atoms with van der Waals surface area (Å²) in [4.78, 5) is 70.9. The number of nitrogens with one attached hydrogen (secondary N) is 4. The molecule has 0 amide bonds. The molecule has 18 rings (SSSR count). The number of nitrogens with zero attached hydrogens (tertiary/aromatic N) is 12. The van der Waals surface area contributed by atoms with Crippen LogP contribution in [0.1, 0.15) is 0 Å². The Balaban J connectivity index is 0.000000141. The smallest absolute Gasteiger partial charge is 0.744 e. The molecule has 4 aliphatic heterocycles. The molecule has 4 N–H and O–H groups in total. The molecule has 0 aliphatic carbocycles. The second-order valence-electron chi connectivity index (χ2n) is 20.8. The van der Waals surface area contributed by atoms with Crippen LogP contribution in [0.3, 0.4) is 0 Å². The average Bonchev–Trinajstić information content (AvgIpc) is 1.74. The predicted molar refractivity (Wildman–Crippen MR) is 328 cm³/mol. The molecule has 25 heteroatoms. The van der Waals surface area contributed by atoms with Crippen LogP contribution in [0.2, 0.25) is 0 Å². The Morgan fingerprint density at radius 3 is 0.618 bits per heavy atom. The molecule has 0 spiro atoms. The Hall–Kier alpha value is -11.1. The van der Waals surface area contributed by atoms with Gasteiger partial charge in [0.1, 0.15) is 65.4 Å². The molecule has 8 aromatic carbocycles. The minimum Gasteiger partial charge on any atom is -0.744 e. The van der Waals surface area contributed by atoms with Crippen LogP contribution in [0, 0.1) is 0 Å². The quantitative estimate of drug-likeness (QED) is 0.0922. The Morgan fingerprint density at radius 1 is 0.236 bits per heavy atom. The van der Waals surface area contributed by atoms with Gasteiger partial charge in [-0.15, -0.1) is 0 Å². The van der Waals surface area contributed by atoms with E-state index >= 15 is 0 Å². The molecule has 4 aliphatic rings. The first kappa shape index (κ1) is 53.4. The standard InChI is InChI=1S/2C32H18N8O3S.Zn/c2*41-44(42,43)16-13-14-23-24(15-16)32-39-30-22-12-6-5-11-21(22)28(37-30)35-26-18-8-2-1-7-17(18)25(33-26)34-27-19-9-3-4-10-20(19)29(36-27)38-31(23)40-32;/h2*1-15H,(H,41,42,43)(H2,33,34,35,36,37,38,39,40);/q;;+2/p-2. The van der Waals surface area contributed by atoms with Gasteiger partial charge in [-0.2, -0.15) is 0 Å². The van der Waals surface area contributed by atoms with Crippen LogP contribution >= 0.6 is 0 Å². The van der Waals surface area contributed by atoms with Gasteiger partial charge >= 0.3 is 19.5 Å². The second-order valence-corrected chi connectivity index (χ2v) is 23.6.